The molecule has 0 unspecified atom stereocenters. The molecule has 0 heterocycles. The molecule has 2 N–H and O–H groups in total. The molecule has 0 aromatic heterocycles. The maximum Gasteiger partial charge on any atom is 0.271 e. The third kappa shape index (κ3) is 4.07. The topological polar surface area (TPSA) is 58.2 Å². The van der Waals surface area contributed by atoms with Crippen LogP contribution in [0.3, 0.4) is 0 Å². The quantitative estimate of drug-likeness (QED) is 0.856. The molecule has 0 aliphatic carbocycles. The molecule has 0 atom stereocenters. The van der Waals surface area contributed by atoms with Crippen molar-refractivity contribution in [3.05, 3.63) is 70.2 Å². The van der Waals surface area contributed by atoms with Gasteiger partial charge in [0.05, 0.1) is 17.0 Å². The number of rotatable bonds is 3. The lowest BCUT2D eigenvalue weighted by atomic mass is 10.1. The maximum absolute atomic E-state index is 11.9. The van der Waals surface area contributed by atoms with Gasteiger partial charge in [-0.3, -0.25) is 20.4 Å². The number of amides is 2. The van der Waals surface area contributed by atoms with E-state index in [9.17, 15) is 9.59 Å². The SMILES string of the molecule is Cc1ccccc1CC(=O)NNC(=O)c1ccccc1Cl. The van der Waals surface area contributed by atoms with Gasteiger partial charge in [-0.25, -0.2) is 0 Å². The van der Waals surface area contributed by atoms with Gasteiger partial charge in [-0.2, -0.15) is 0 Å². The van der Waals surface area contributed by atoms with Crippen LogP contribution in [0.15, 0.2) is 48.5 Å². The van der Waals surface area contributed by atoms with Crippen molar-refractivity contribution in [1.29, 1.82) is 0 Å². The lowest BCUT2D eigenvalue weighted by Crippen LogP contribution is -2.42. The summed E-state index contributed by atoms with van der Waals surface area (Å²) in [6, 6.07) is 14.2. The van der Waals surface area contributed by atoms with Crippen molar-refractivity contribution < 1.29 is 9.59 Å². The number of halogens is 1. The third-order valence-corrected chi connectivity index (χ3v) is 3.38. The number of aryl methyl sites for hydroxylation is 1. The highest BCUT2D eigenvalue weighted by Gasteiger charge is 2.11. The Morgan fingerprint density at radius 3 is 2.38 bits per heavy atom. The largest absolute Gasteiger partial charge is 0.273 e. The van der Waals surface area contributed by atoms with E-state index < -0.39 is 5.91 Å². The van der Waals surface area contributed by atoms with Crippen LogP contribution in [0, 0.1) is 6.92 Å². The summed E-state index contributed by atoms with van der Waals surface area (Å²) < 4.78 is 0. The fraction of sp³-hybridized carbons (Fsp3) is 0.125. The number of carbonyl (C=O) groups is 2. The van der Waals surface area contributed by atoms with E-state index in [1.807, 2.05) is 31.2 Å². The Hall–Kier alpha value is -2.33. The molecule has 0 bridgehead atoms. The number of nitrogens with one attached hydrogen (secondary N) is 2. The van der Waals surface area contributed by atoms with Gasteiger partial charge >= 0.3 is 0 Å². The first-order valence-corrected chi connectivity index (χ1v) is 6.84. The molecular weight excluding hydrogens is 288 g/mol. The second kappa shape index (κ2) is 6.90. The van der Waals surface area contributed by atoms with E-state index in [0.717, 1.165) is 11.1 Å². The van der Waals surface area contributed by atoms with Crippen LogP contribution in [-0.4, -0.2) is 11.8 Å². The first-order chi connectivity index (χ1) is 10.1. The molecule has 0 saturated heterocycles. The molecule has 21 heavy (non-hydrogen) atoms. The van der Waals surface area contributed by atoms with Gasteiger partial charge in [-0.1, -0.05) is 48.0 Å². The molecule has 0 fully saturated rings. The maximum atomic E-state index is 11.9. The minimum Gasteiger partial charge on any atom is -0.273 e. The molecule has 0 aliphatic heterocycles. The Morgan fingerprint density at radius 1 is 1.00 bits per heavy atom. The van der Waals surface area contributed by atoms with E-state index >= 15 is 0 Å². The summed E-state index contributed by atoms with van der Waals surface area (Å²) in [7, 11) is 0. The van der Waals surface area contributed by atoms with Crippen molar-refractivity contribution in [2.24, 2.45) is 0 Å². The van der Waals surface area contributed by atoms with Gasteiger partial charge < -0.3 is 0 Å². The van der Waals surface area contributed by atoms with Crippen LogP contribution in [0.1, 0.15) is 21.5 Å². The van der Waals surface area contributed by atoms with Crippen molar-refractivity contribution in [2.45, 2.75) is 13.3 Å². The van der Waals surface area contributed by atoms with Gasteiger partial charge in [0.25, 0.3) is 5.91 Å². The van der Waals surface area contributed by atoms with Gasteiger partial charge in [0.1, 0.15) is 0 Å². The summed E-state index contributed by atoms with van der Waals surface area (Å²) in [5.74, 6) is -0.733. The molecule has 4 nitrogen and oxygen atoms in total. The number of carbonyl (C=O) groups excluding carboxylic acids is 2. The summed E-state index contributed by atoms with van der Waals surface area (Å²) in [4.78, 5) is 23.7. The highest BCUT2D eigenvalue weighted by molar-refractivity contribution is 6.33. The Balaban J connectivity index is 1.91. The van der Waals surface area contributed by atoms with E-state index in [0.29, 0.717) is 10.6 Å². The summed E-state index contributed by atoms with van der Waals surface area (Å²) in [6.45, 7) is 1.94. The second-order valence-electron chi connectivity index (χ2n) is 4.59. The molecule has 0 spiro atoms. The predicted octanol–water partition coefficient (Wildman–Crippen LogP) is 2.65. The second-order valence-corrected chi connectivity index (χ2v) is 4.99. The van der Waals surface area contributed by atoms with E-state index in [2.05, 4.69) is 10.9 Å². The zero-order valence-corrected chi connectivity index (χ0v) is 12.3. The number of hydrogen-bond donors (Lipinski definition) is 2. The predicted molar refractivity (Wildman–Crippen MR) is 81.9 cm³/mol. The first kappa shape index (κ1) is 15.1. The zero-order chi connectivity index (χ0) is 15.2. The standard InChI is InChI=1S/C16H15ClN2O2/c1-11-6-2-3-7-12(11)10-15(20)18-19-16(21)13-8-4-5-9-14(13)17/h2-9H,10H2,1H3,(H,18,20)(H,19,21). The minimum atomic E-state index is -0.446. The molecule has 0 aliphatic rings. The van der Waals surface area contributed by atoms with Crippen LogP contribution in [0.25, 0.3) is 0 Å². The van der Waals surface area contributed by atoms with E-state index in [4.69, 9.17) is 11.6 Å². The fourth-order valence-electron chi connectivity index (χ4n) is 1.86. The summed E-state index contributed by atoms with van der Waals surface area (Å²) >= 11 is 5.91. The molecule has 108 valence electrons. The van der Waals surface area contributed by atoms with Crippen LogP contribution in [-0.2, 0) is 11.2 Å². The van der Waals surface area contributed by atoms with E-state index in [1.165, 1.54) is 0 Å². The average Bonchev–Trinajstić information content (AvgIpc) is 2.48. The van der Waals surface area contributed by atoms with E-state index in [1.54, 1.807) is 24.3 Å². The molecular formula is C16H15ClN2O2. The first-order valence-electron chi connectivity index (χ1n) is 6.46. The lowest BCUT2D eigenvalue weighted by molar-refractivity contribution is -0.121. The molecule has 5 heteroatoms. The molecule has 0 radical (unpaired) electrons. The fourth-order valence-corrected chi connectivity index (χ4v) is 2.09. The number of benzene rings is 2. The van der Waals surface area contributed by atoms with Gasteiger partial charge in [0.15, 0.2) is 0 Å². The van der Waals surface area contributed by atoms with Gasteiger partial charge in [0, 0.05) is 0 Å². The minimum absolute atomic E-state index is 0.204. The Morgan fingerprint density at radius 2 is 1.67 bits per heavy atom. The summed E-state index contributed by atoms with van der Waals surface area (Å²) in [6.07, 6.45) is 0.204. The van der Waals surface area contributed by atoms with Crippen molar-refractivity contribution in [3.63, 3.8) is 0 Å². The van der Waals surface area contributed by atoms with Crippen LogP contribution in [0.5, 0.6) is 0 Å². The molecule has 2 amide bonds. The van der Waals surface area contributed by atoms with Crippen LogP contribution >= 0.6 is 11.6 Å². The molecule has 0 saturated carbocycles. The van der Waals surface area contributed by atoms with Gasteiger partial charge in [-0.05, 0) is 30.2 Å². The number of hydrogen-bond acceptors (Lipinski definition) is 2. The van der Waals surface area contributed by atoms with Crippen molar-refractivity contribution >= 4 is 23.4 Å². The van der Waals surface area contributed by atoms with Gasteiger partial charge in [0.2, 0.25) is 5.91 Å². The highest BCUT2D eigenvalue weighted by Crippen LogP contribution is 2.14. The summed E-state index contributed by atoms with van der Waals surface area (Å²) in [5, 5.41) is 0.336. The van der Waals surface area contributed by atoms with Crippen molar-refractivity contribution in [1.82, 2.24) is 10.9 Å². The lowest BCUT2D eigenvalue weighted by Gasteiger charge is -2.09. The van der Waals surface area contributed by atoms with Crippen LogP contribution < -0.4 is 10.9 Å². The normalized spacial score (nSPS) is 10.0. The average molecular weight is 303 g/mol. The third-order valence-electron chi connectivity index (χ3n) is 3.05. The molecule has 2 rings (SSSR count). The van der Waals surface area contributed by atoms with Crippen LogP contribution in [0.2, 0.25) is 5.02 Å². The summed E-state index contributed by atoms with van der Waals surface area (Å²) in [5.41, 5.74) is 7.01. The Kier molecular flexibility index (Phi) is 4.95. The molecule has 2 aromatic rings. The number of hydrazine groups is 1. The van der Waals surface area contributed by atoms with E-state index in [-0.39, 0.29) is 12.3 Å². The van der Waals surface area contributed by atoms with Crippen LogP contribution in [0.4, 0.5) is 0 Å². The Bertz CT molecular complexity index is 671. The smallest absolute Gasteiger partial charge is 0.271 e. The highest BCUT2D eigenvalue weighted by atomic mass is 35.5. The monoisotopic (exact) mass is 302 g/mol. The van der Waals surface area contributed by atoms with Gasteiger partial charge in [-0.15, -0.1) is 0 Å². The van der Waals surface area contributed by atoms with Crippen molar-refractivity contribution in [3.8, 4) is 0 Å². The zero-order valence-electron chi connectivity index (χ0n) is 11.5. The molecule has 2 aromatic carbocycles. The Labute approximate surface area is 128 Å². The van der Waals surface area contributed by atoms with Crippen molar-refractivity contribution in [2.75, 3.05) is 0 Å².